The Balaban J connectivity index is 1.18. The maximum Gasteiger partial charge on any atom is 0.164 e. The highest BCUT2D eigenvalue weighted by molar-refractivity contribution is 6.21. The Bertz CT molecular complexity index is 2930. The van der Waals surface area contributed by atoms with Crippen molar-refractivity contribution in [3.05, 3.63) is 200 Å². The van der Waals surface area contributed by atoms with Crippen LogP contribution in [0.15, 0.2) is 200 Å². The van der Waals surface area contributed by atoms with Crippen LogP contribution in [0.3, 0.4) is 0 Å². The summed E-state index contributed by atoms with van der Waals surface area (Å²) in [6, 6.07) is 70.6. The number of nitrogens with zero attached hydrogens (tertiary/aromatic N) is 3. The van der Waals surface area contributed by atoms with Crippen LogP contribution in [-0.4, -0.2) is 15.0 Å². The van der Waals surface area contributed by atoms with Gasteiger partial charge in [-0.3, -0.25) is 0 Å². The van der Waals surface area contributed by atoms with E-state index in [-0.39, 0.29) is 0 Å². The second-order valence-electron chi connectivity index (χ2n) is 13.6. The summed E-state index contributed by atoms with van der Waals surface area (Å²) in [6.07, 6.45) is 0. The van der Waals surface area contributed by atoms with E-state index in [9.17, 15) is 0 Å². The Morgan fingerprint density at radius 3 is 1.33 bits per heavy atom. The third-order valence-corrected chi connectivity index (χ3v) is 10.3. The fourth-order valence-electron chi connectivity index (χ4n) is 7.80. The van der Waals surface area contributed by atoms with Crippen molar-refractivity contribution < 1.29 is 0 Å². The molecule has 252 valence electrons. The zero-order valence-electron chi connectivity index (χ0n) is 29.4. The topological polar surface area (TPSA) is 38.7 Å². The molecule has 0 aliphatic rings. The number of rotatable bonds is 6. The molecular weight excluding hydrogens is 655 g/mol. The average molecular weight is 688 g/mol. The maximum atomic E-state index is 5.20. The summed E-state index contributed by atoms with van der Waals surface area (Å²) in [5, 5.41) is 7.32. The Morgan fingerprint density at radius 2 is 0.685 bits per heavy atom. The Kier molecular flexibility index (Phi) is 7.81. The van der Waals surface area contributed by atoms with Gasteiger partial charge in [-0.1, -0.05) is 188 Å². The minimum Gasteiger partial charge on any atom is -0.208 e. The summed E-state index contributed by atoms with van der Waals surface area (Å²) in [6.45, 7) is 0. The lowest BCUT2D eigenvalue weighted by Crippen LogP contribution is -2.01. The van der Waals surface area contributed by atoms with Crippen LogP contribution in [0.1, 0.15) is 0 Å². The largest absolute Gasteiger partial charge is 0.208 e. The third kappa shape index (κ3) is 5.60. The van der Waals surface area contributed by atoms with Crippen LogP contribution in [0.5, 0.6) is 0 Å². The van der Waals surface area contributed by atoms with E-state index < -0.39 is 0 Å². The van der Waals surface area contributed by atoms with Crippen molar-refractivity contribution in [3.63, 3.8) is 0 Å². The first kappa shape index (κ1) is 31.5. The third-order valence-electron chi connectivity index (χ3n) is 10.3. The average Bonchev–Trinajstić information content (AvgIpc) is 3.26. The zero-order valence-corrected chi connectivity index (χ0v) is 29.4. The van der Waals surface area contributed by atoms with E-state index in [0.717, 1.165) is 33.4 Å². The normalized spacial score (nSPS) is 11.3. The molecule has 10 aromatic rings. The van der Waals surface area contributed by atoms with Crippen molar-refractivity contribution in [3.8, 4) is 67.5 Å². The van der Waals surface area contributed by atoms with Crippen LogP contribution in [0.4, 0.5) is 0 Å². The van der Waals surface area contributed by atoms with Gasteiger partial charge in [0, 0.05) is 16.7 Å². The Labute approximate surface area is 313 Å². The number of aromatic nitrogens is 3. The SMILES string of the molecule is c1ccc(-c2nc(-c3cccc(-c4c5ccccc5c(-c5ccc6ccccc6c5)c5ccccc45)c3)nc(-c3ccccc3-c3ccccc3)n2)cc1. The van der Waals surface area contributed by atoms with Crippen LogP contribution in [0, 0.1) is 0 Å². The summed E-state index contributed by atoms with van der Waals surface area (Å²) < 4.78 is 0. The lowest BCUT2D eigenvalue weighted by Gasteiger charge is -2.18. The van der Waals surface area contributed by atoms with Crippen molar-refractivity contribution in [2.45, 2.75) is 0 Å². The van der Waals surface area contributed by atoms with Crippen LogP contribution < -0.4 is 0 Å². The lowest BCUT2D eigenvalue weighted by molar-refractivity contribution is 1.07. The van der Waals surface area contributed by atoms with Crippen LogP contribution in [-0.2, 0) is 0 Å². The van der Waals surface area contributed by atoms with E-state index in [4.69, 9.17) is 15.0 Å². The molecule has 0 amide bonds. The van der Waals surface area contributed by atoms with Gasteiger partial charge in [0.05, 0.1) is 0 Å². The highest BCUT2D eigenvalue weighted by atomic mass is 15.0. The van der Waals surface area contributed by atoms with Gasteiger partial charge >= 0.3 is 0 Å². The Hall–Kier alpha value is -7.23. The van der Waals surface area contributed by atoms with Gasteiger partial charge in [-0.05, 0) is 77.8 Å². The van der Waals surface area contributed by atoms with Gasteiger partial charge in [-0.2, -0.15) is 0 Å². The molecule has 1 aromatic heterocycles. The van der Waals surface area contributed by atoms with E-state index >= 15 is 0 Å². The quantitative estimate of drug-likeness (QED) is 0.163. The highest BCUT2D eigenvalue weighted by Crippen LogP contribution is 2.44. The molecule has 0 fully saturated rings. The minimum absolute atomic E-state index is 0.630. The molecule has 0 aliphatic heterocycles. The number of hydrogen-bond donors (Lipinski definition) is 0. The molecule has 1 heterocycles. The molecule has 0 saturated heterocycles. The molecule has 0 bridgehead atoms. The standard InChI is InChI=1S/C51H33N3/c1-3-17-35(18-4-1)41-24-9-14-29-46(41)51-53-49(36-19-5-2-6-20-36)52-50(54-51)40-23-15-22-38(33-40)47-42-25-10-12-27-44(42)48(45-28-13-11-26-43(45)47)39-31-30-34-16-7-8-21-37(34)32-39/h1-33H. The van der Waals surface area contributed by atoms with Gasteiger partial charge in [0.25, 0.3) is 0 Å². The number of hydrogen-bond acceptors (Lipinski definition) is 3. The fraction of sp³-hybridized carbons (Fsp3) is 0. The van der Waals surface area contributed by atoms with Gasteiger partial charge in [0.1, 0.15) is 0 Å². The molecule has 0 atom stereocenters. The monoisotopic (exact) mass is 687 g/mol. The summed E-state index contributed by atoms with van der Waals surface area (Å²) in [7, 11) is 0. The van der Waals surface area contributed by atoms with Crippen LogP contribution in [0.25, 0.3) is 99.9 Å². The van der Waals surface area contributed by atoms with Crippen molar-refractivity contribution in [2.75, 3.05) is 0 Å². The fourth-order valence-corrected chi connectivity index (χ4v) is 7.80. The van der Waals surface area contributed by atoms with Crippen molar-refractivity contribution in [1.82, 2.24) is 15.0 Å². The second kappa shape index (κ2) is 13.4. The highest BCUT2D eigenvalue weighted by Gasteiger charge is 2.19. The molecule has 3 nitrogen and oxygen atoms in total. The minimum atomic E-state index is 0.630. The van der Waals surface area contributed by atoms with E-state index in [2.05, 4.69) is 170 Å². The first-order chi connectivity index (χ1) is 26.8. The maximum absolute atomic E-state index is 5.20. The van der Waals surface area contributed by atoms with E-state index in [1.165, 1.54) is 49.0 Å². The van der Waals surface area contributed by atoms with Gasteiger partial charge in [0.15, 0.2) is 17.5 Å². The van der Waals surface area contributed by atoms with E-state index in [0.29, 0.717) is 17.5 Å². The van der Waals surface area contributed by atoms with Crippen molar-refractivity contribution in [2.24, 2.45) is 0 Å². The molecule has 54 heavy (non-hydrogen) atoms. The van der Waals surface area contributed by atoms with Gasteiger partial charge in [0.2, 0.25) is 0 Å². The lowest BCUT2D eigenvalue weighted by atomic mass is 9.85. The van der Waals surface area contributed by atoms with Gasteiger partial charge in [-0.25, -0.2) is 15.0 Å². The summed E-state index contributed by atoms with van der Waals surface area (Å²) >= 11 is 0. The van der Waals surface area contributed by atoms with Crippen LogP contribution >= 0.6 is 0 Å². The molecular formula is C51H33N3. The molecule has 3 heteroatoms. The predicted molar refractivity (Wildman–Crippen MR) is 225 cm³/mol. The van der Waals surface area contributed by atoms with E-state index in [1.54, 1.807) is 0 Å². The zero-order chi connectivity index (χ0) is 35.8. The number of benzene rings is 9. The summed E-state index contributed by atoms with van der Waals surface area (Å²) in [5.41, 5.74) is 9.78. The van der Waals surface area contributed by atoms with Gasteiger partial charge in [-0.15, -0.1) is 0 Å². The van der Waals surface area contributed by atoms with Crippen molar-refractivity contribution in [1.29, 1.82) is 0 Å². The summed E-state index contributed by atoms with van der Waals surface area (Å²) in [5.74, 6) is 1.91. The first-order valence-electron chi connectivity index (χ1n) is 18.3. The molecule has 0 unspecified atom stereocenters. The molecule has 0 radical (unpaired) electrons. The number of fused-ring (bicyclic) bond motifs is 3. The second-order valence-corrected chi connectivity index (χ2v) is 13.6. The molecule has 0 aliphatic carbocycles. The molecule has 10 rings (SSSR count). The first-order valence-corrected chi connectivity index (χ1v) is 18.3. The molecule has 0 spiro atoms. The summed E-state index contributed by atoms with van der Waals surface area (Å²) in [4.78, 5) is 15.4. The molecule has 0 saturated carbocycles. The van der Waals surface area contributed by atoms with E-state index in [1.807, 2.05) is 30.3 Å². The molecule has 0 N–H and O–H groups in total. The van der Waals surface area contributed by atoms with Gasteiger partial charge < -0.3 is 0 Å². The van der Waals surface area contributed by atoms with Crippen LogP contribution in [0.2, 0.25) is 0 Å². The van der Waals surface area contributed by atoms with Crippen molar-refractivity contribution >= 4 is 32.3 Å². The smallest absolute Gasteiger partial charge is 0.164 e. The molecule has 9 aromatic carbocycles. The predicted octanol–water partition coefficient (Wildman–Crippen LogP) is 13.3. The Morgan fingerprint density at radius 1 is 0.241 bits per heavy atom.